The normalized spacial score (nSPS) is 23.2. The van der Waals surface area contributed by atoms with Crippen LogP contribution in [0, 0.1) is 6.92 Å². The first-order chi connectivity index (χ1) is 14.5. The summed E-state index contributed by atoms with van der Waals surface area (Å²) in [5.41, 5.74) is 3.77. The molecule has 1 unspecified atom stereocenters. The first-order valence-electron chi connectivity index (χ1n) is 10.8. The number of alkyl halides is 1. The summed E-state index contributed by atoms with van der Waals surface area (Å²) in [5, 5.41) is 3.63. The van der Waals surface area contributed by atoms with Crippen molar-refractivity contribution in [3.8, 4) is 0 Å². The second-order valence-electron chi connectivity index (χ2n) is 8.30. The van der Waals surface area contributed by atoms with Crippen LogP contribution in [0.15, 0.2) is 33.0 Å². The van der Waals surface area contributed by atoms with Crippen LogP contribution < -0.4 is 5.32 Å². The molecule has 0 aromatic carbocycles. The Morgan fingerprint density at radius 1 is 1.23 bits per heavy atom. The van der Waals surface area contributed by atoms with Crippen LogP contribution in [0.25, 0.3) is 0 Å². The first-order valence-corrected chi connectivity index (χ1v) is 11.6. The van der Waals surface area contributed by atoms with Crippen molar-refractivity contribution >= 4 is 28.1 Å². The predicted molar refractivity (Wildman–Crippen MR) is 119 cm³/mol. The highest BCUT2D eigenvalue weighted by Crippen LogP contribution is 2.30. The van der Waals surface area contributed by atoms with Gasteiger partial charge < -0.3 is 15.1 Å². The third-order valence-electron chi connectivity index (χ3n) is 6.19. The summed E-state index contributed by atoms with van der Waals surface area (Å²) in [5.74, 6) is 0.104. The molecule has 0 saturated carbocycles. The number of amides is 1. The molecule has 1 fully saturated rings. The maximum absolute atomic E-state index is 13.8. The Kier molecular flexibility index (Phi) is 6.95. The standard InChI is InChI=1S/C22H29BrFN5O/c1-15-19(23)3-2-18(27-15)14-25-17-6-8-28(9-7-17)10-11-29-21-12-16(24)13-26-20(21)4-5-22(29)30/h2-3,13,16-17,25H,4-12,14H2,1H3. The van der Waals surface area contributed by atoms with Gasteiger partial charge in [-0.2, -0.15) is 0 Å². The summed E-state index contributed by atoms with van der Waals surface area (Å²) in [6.45, 7) is 6.24. The number of hydrogen-bond acceptors (Lipinski definition) is 5. The molecular weight excluding hydrogens is 449 g/mol. The average Bonchev–Trinajstić information content (AvgIpc) is 2.74. The lowest BCUT2D eigenvalue weighted by Crippen LogP contribution is -2.46. The zero-order chi connectivity index (χ0) is 21.1. The van der Waals surface area contributed by atoms with E-state index in [1.165, 1.54) is 6.21 Å². The lowest BCUT2D eigenvalue weighted by atomic mass is 10.0. The van der Waals surface area contributed by atoms with Gasteiger partial charge in [0.05, 0.1) is 17.1 Å². The van der Waals surface area contributed by atoms with Crippen molar-refractivity contribution in [2.75, 3.05) is 26.2 Å². The summed E-state index contributed by atoms with van der Waals surface area (Å²) in [4.78, 5) is 25.4. The van der Waals surface area contributed by atoms with E-state index in [0.717, 1.165) is 66.3 Å². The van der Waals surface area contributed by atoms with Crippen molar-refractivity contribution in [1.29, 1.82) is 0 Å². The van der Waals surface area contributed by atoms with Crippen LogP contribution in [-0.2, 0) is 11.3 Å². The molecule has 0 bridgehead atoms. The van der Waals surface area contributed by atoms with Gasteiger partial charge in [0.1, 0.15) is 6.17 Å². The molecule has 8 heteroatoms. The lowest BCUT2D eigenvalue weighted by Gasteiger charge is -2.36. The topological polar surface area (TPSA) is 60.8 Å². The highest BCUT2D eigenvalue weighted by Gasteiger charge is 2.31. The van der Waals surface area contributed by atoms with Gasteiger partial charge in [-0.1, -0.05) is 0 Å². The second-order valence-corrected chi connectivity index (χ2v) is 9.16. The van der Waals surface area contributed by atoms with Crippen LogP contribution >= 0.6 is 15.9 Å². The number of likely N-dealkylation sites (tertiary alicyclic amines) is 1. The number of piperidine rings is 1. The predicted octanol–water partition coefficient (Wildman–Crippen LogP) is 3.35. The average molecular weight is 478 g/mol. The van der Waals surface area contributed by atoms with Crippen LogP contribution in [0.4, 0.5) is 4.39 Å². The molecule has 3 aliphatic rings. The minimum absolute atomic E-state index is 0.104. The van der Waals surface area contributed by atoms with Gasteiger partial charge in [-0.25, -0.2) is 4.39 Å². The monoisotopic (exact) mass is 477 g/mol. The lowest BCUT2D eigenvalue weighted by molar-refractivity contribution is -0.130. The van der Waals surface area contributed by atoms with Gasteiger partial charge in [0.15, 0.2) is 0 Å². The summed E-state index contributed by atoms with van der Waals surface area (Å²) in [6, 6.07) is 4.58. The molecule has 6 nitrogen and oxygen atoms in total. The Morgan fingerprint density at radius 3 is 2.80 bits per heavy atom. The van der Waals surface area contributed by atoms with Crippen molar-refractivity contribution < 1.29 is 9.18 Å². The van der Waals surface area contributed by atoms with Crippen molar-refractivity contribution in [2.24, 2.45) is 4.99 Å². The molecule has 162 valence electrons. The third-order valence-corrected chi connectivity index (χ3v) is 7.03. The minimum Gasteiger partial charge on any atom is -0.313 e. The molecule has 3 aliphatic heterocycles. The second kappa shape index (κ2) is 9.66. The van der Waals surface area contributed by atoms with Gasteiger partial charge >= 0.3 is 0 Å². The van der Waals surface area contributed by atoms with Crippen molar-refractivity contribution in [2.45, 2.75) is 57.8 Å². The quantitative estimate of drug-likeness (QED) is 0.682. The summed E-state index contributed by atoms with van der Waals surface area (Å²) < 4.78 is 14.8. The van der Waals surface area contributed by atoms with E-state index in [4.69, 9.17) is 0 Å². The zero-order valence-electron chi connectivity index (χ0n) is 17.4. The fraction of sp³-hybridized carbons (Fsp3) is 0.591. The highest BCUT2D eigenvalue weighted by molar-refractivity contribution is 9.10. The molecule has 0 spiro atoms. The zero-order valence-corrected chi connectivity index (χ0v) is 19.0. The third kappa shape index (κ3) is 5.15. The number of aliphatic imine (C=N–C) groups is 1. The maximum Gasteiger partial charge on any atom is 0.227 e. The van der Waals surface area contributed by atoms with E-state index in [1.807, 2.05) is 13.0 Å². The van der Waals surface area contributed by atoms with E-state index in [-0.39, 0.29) is 12.3 Å². The first kappa shape index (κ1) is 21.6. The van der Waals surface area contributed by atoms with Crippen LogP contribution in [0.2, 0.25) is 0 Å². The number of halogens is 2. The SMILES string of the molecule is Cc1nc(CNC2CCN(CCN3C(=O)CCC4=C3CC(F)C=N4)CC2)ccc1Br. The van der Waals surface area contributed by atoms with E-state index in [1.54, 1.807) is 4.90 Å². The Balaban J connectivity index is 1.23. The van der Waals surface area contributed by atoms with Crippen LogP contribution in [0.3, 0.4) is 0 Å². The fourth-order valence-electron chi connectivity index (χ4n) is 4.39. The van der Waals surface area contributed by atoms with Gasteiger partial charge in [0.2, 0.25) is 5.91 Å². The Hall–Kier alpha value is -1.64. The number of aryl methyl sites for hydroxylation is 1. The number of carbonyl (C=O) groups is 1. The Morgan fingerprint density at radius 2 is 2.03 bits per heavy atom. The molecule has 4 heterocycles. The highest BCUT2D eigenvalue weighted by atomic mass is 79.9. The molecule has 1 saturated heterocycles. The summed E-state index contributed by atoms with van der Waals surface area (Å²) >= 11 is 3.49. The van der Waals surface area contributed by atoms with Crippen molar-refractivity contribution in [1.82, 2.24) is 20.1 Å². The van der Waals surface area contributed by atoms with Gasteiger partial charge in [0.25, 0.3) is 0 Å². The van der Waals surface area contributed by atoms with Crippen LogP contribution in [-0.4, -0.2) is 65.3 Å². The van der Waals surface area contributed by atoms with E-state index in [2.05, 4.69) is 42.2 Å². The molecule has 30 heavy (non-hydrogen) atoms. The summed E-state index contributed by atoms with van der Waals surface area (Å²) in [7, 11) is 0. The molecule has 1 atom stereocenters. The summed E-state index contributed by atoms with van der Waals surface area (Å²) in [6.07, 6.45) is 3.83. The van der Waals surface area contributed by atoms with Crippen LogP contribution in [0.5, 0.6) is 0 Å². The molecule has 1 aromatic heterocycles. The molecular formula is C22H29BrFN5O. The van der Waals surface area contributed by atoms with Crippen LogP contribution in [0.1, 0.15) is 43.5 Å². The minimum atomic E-state index is -1.08. The molecule has 0 radical (unpaired) electrons. The van der Waals surface area contributed by atoms with E-state index >= 15 is 0 Å². The van der Waals surface area contributed by atoms with Gasteiger partial charge in [0, 0.05) is 61.3 Å². The van der Waals surface area contributed by atoms with E-state index in [9.17, 15) is 9.18 Å². The number of rotatable bonds is 6. The molecule has 1 amide bonds. The maximum atomic E-state index is 13.8. The number of hydrogen-bond donors (Lipinski definition) is 1. The van der Waals surface area contributed by atoms with Gasteiger partial charge in [-0.3, -0.25) is 14.8 Å². The molecule has 1 aromatic rings. The number of nitrogens with zero attached hydrogens (tertiary/aromatic N) is 4. The molecule has 4 rings (SSSR count). The molecule has 1 N–H and O–H groups in total. The number of aromatic nitrogens is 1. The van der Waals surface area contributed by atoms with Gasteiger partial charge in [-0.15, -0.1) is 0 Å². The van der Waals surface area contributed by atoms with Crippen molar-refractivity contribution in [3.63, 3.8) is 0 Å². The largest absolute Gasteiger partial charge is 0.313 e. The molecule has 0 aliphatic carbocycles. The number of pyridine rings is 1. The van der Waals surface area contributed by atoms with Crippen molar-refractivity contribution in [3.05, 3.63) is 39.4 Å². The van der Waals surface area contributed by atoms with E-state index in [0.29, 0.717) is 25.4 Å². The number of nitrogens with one attached hydrogen (secondary N) is 1. The fourth-order valence-corrected chi connectivity index (χ4v) is 4.61. The number of allylic oxidation sites excluding steroid dienone is 2. The van der Waals surface area contributed by atoms with Gasteiger partial charge in [-0.05, 0) is 60.9 Å². The Bertz CT molecular complexity index is 850. The Labute approximate surface area is 185 Å². The number of carbonyl (C=O) groups excluding carboxylic acids is 1. The van der Waals surface area contributed by atoms with E-state index < -0.39 is 6.17 Å². The smallest absolute Gasteiger partial charge is 0.227 e.